The van der Waals surface area contributed by atoms with Gasteiger partial charge in [0.15, 0.2) is 17.2 Å². The van der Waals surface area contributed by atoms with Crippen molar-refractivity contribution in [2.75, 3.05) is 6.61 Å². The molecule has 0 amide bonds. The van der Waals surface area contributed by atoms with Crippen molar-refractivity contribution >= 4 is 17.9 Å². The van der Waals surface area contributed by atoms with Gasteiger partial charge in [0, 0.05) is 5.56 Å². The number of carbonyl (C=O) groups is 1. The highest BCUT2D eigenvalue weighted by atomic mass is 16.6. The first-order chi connectivity index (χ1) is 13.9. The van der Waals surface area contributed by atoms with Crippen LogP contribution in [0.4, 0.5) is 0 Å². The number of esters is 1. The Kier molecular flexibility index (Phi) is 6.37. The average Bonchev–Trinajstić information content (AvgIpc) is 3.04. The molecule has 0 radical (unpaired) electrons. The topological polar surface area (TPSA) is 57.1 Å². The van der Waals surface area contributed by atoms with Gasteiger partial charge in [-0.15, -0.1) is 0 Å². The quantitative estimate of drug-likeness (QED) is 0.471. The molecule has 0 aliphatic carbocycles. The van der Waals surface area contributed by atoms with E-state index in [0.29, 0.717) is 29.9 Å². The van der Waals surface area contributed by atoms with E-state index < -0.39 is 5.97 Å². The fourth-order valence-electron chi connectivity index (χ4n) is 2.94. The van der Waals surface area contributed by atoms with Gasteiger partial charge in [-0.1, -0.05) is 32.0 Å². The van der Waals surface area contributed by atoms with Crippen LogP contribution in [0.2, 0.25) is 0 Å². The minimum Gasteiger partial charge on any atom is -0.490 e. The predicted octanol–water partition coefficient (Wildman–Crippen LogP) is 5.34. The summed E-state index contributed by atoms with van der Waals surface area (Å²) in [6.45, 7) is 10.6. The third-order valence-electron chi connectivity index (χ3n) is 4.38. The Balaban J connectivity index is 1.87. The molecule has 1 heterocycles. The summed E-state index contributed by atoms with van der Waals surface area (Å²) in [5.74, 6) is 1.60. The van der Waals surface area contributed by atoms with Gasteiger partial charge in [0.2, 0.25) is 5.90 Å². The van der Waals surface area contributed by atoms with E-state index in [9.17, 15) is 4.79 Å². The van der Waals surface area contributed by atoms with Gasteiger partial charge in [0.1, 0.15) is 0 Å². The van der Waals surface area contributed by atoms with Gasteiger partial charge in [0.05, 0.1) is 12.7 Å². The Bertz CT molecular complexity index is 940. The van der Waals surface area contributed by atoms with E-state index in [2.05, 4.69) is 18.8 Å². The number of carbonyl (C=O) groups excluding carboxylic acids is 1. The highest BCUT2D eigenvalue weighted by Gasteiger charge is 2.24. The molecule has 152 valence electrons. The number of benzene rings is 2. The van der Waals surface area contributed by atoms with Crippen molar-refractivity contribution in [1.29, 1.82) is 0 Å². The summed E-state index contributed by atoms with van der Waals surface area (Å²) >= 11 is 0. The molecule has 0 bridgehead atoms. The summed E-state index contributed by atoms with van der Waals surface area (Å²) in [5.41, 5.74) is 3.05. The van der Waals surface area contributed by atoms with Crippen molar-refractivity contribution in [3.63, 3.8) is 0 Å². The number of rotatable bonds is 7. The van der Waals surface area contributed by atoms with E-state index in [-0.39, 0.29) is 11.8 Å². The Morgan fingerprint density at radius 1 is 1.03 bits per heavy atom. The Morgan fingerprint density at radius 3 is 2.38 bits per heavy atom. The number of ether oxygens (including phenoxy) is 3. The molecule has 0 atom stereocenters. The fraction of sp³-hybridized carbons (Fsp3) is 0.333. The van der Waals surface area contributed by atoms with Crippen LogP contribution in [0.15, 0.2) is 53.2 Å². The van der Waals surface area contributed by atoms with Gasteiger partial charge in [-0.2, -0.15) is 0 Å². The van der Waals surface area contributed by atoms with Crippen molar-refractivity contribution in [3.8, 4) is 11.5 Å². The van der Waals surface area contributed by atoms with E-state index in [0.717, 1.165) is 11.1 Å². The molecule has 2 aromatic carbocycles. The maximum absolute atomic E-state index is 12.3. The van der Waals surface area contributed by atoms with E-state index in [1.165, 1.54) is 5.56 Å². The van der Waals surface area contributed by atoms with E-state index in [4.69, 9.17) is 14.2 Å². The molecule has 0 fully saturated rings. The molecule has 29 heavy (non-hydrogen) atoms. The van der Waals surface area contributed by atoms with Crippen molar-refractivity contribution in [2.24, 2.45) is 4.99 Å². The molecule has 0 spiro atoms. The third kappa shape index (κ3) is 5.05. The first-order valence-corrected chi connectivity index (χ1v) is 9.93. The van der Waals surface area contributed by atoms with Crippen molar-refractivity contribution in [2.45, 2.75) is 46.6 Å². The lowest BCUT2D eigenvalue weighted by Gasteiger charge is -2.14. The molecule has 0 saturated carbocycles. The smallest absolute Gasteiger partial charge is 0.363 e. The summed E-state index contributed by atoms with van der Waals surface area (Å²) in [6, 6.07) is 13.5. The monoisotopic (exact) mass is 393 g/mol. The van der Waals surface area contributed by atoms with Gasteiger partial charge in [-0.25, -0.2) is 9.79 Å². The van der Waals surface area contributed by atoms with Crippen LogP contribution in [0.5, 0.6) is 11.5 Å². The lowest BCUT2D eigenvalue weighted by atomic mass is 10.0. The molecule has 2 aromatic rings. The zero-order chi connectivity index (χ0) is 21.0. The first-order valence-electron chi connectivity index (χ1n) is 9.93. The van der Waals surface area contributed by atoms with Crippen LogP contribution >= 0.6 is 0 Å². The van der Waals surface area contributed by atoms with Crippen LogP contribution in [-0.4, -0.2) is 24.6 Å². The molecule has 0 unspecified atom stereocenters. The number of nitrogens with zero attached hydrogens (tertiary/aromatic N) is 1. The maximum atomic E-state index is 12.3. The van der Waals surface area contributed by atoms with Crippen molar-refractivity contribution in [1.82, 2.24) is 0 Å². The third-order valence-corrected chi connectivity index (χ3v) is 4.38. The second-order valence-corrected chi connectivity index (χ2v) is 7.42. The summed E-state index contributed by atoms with van der Waals surface area (Å²) in [4.78, 5) is 16.7. The Hall–Kier alpha value is -3.08. The summed E-state index contributed by atoms with van der Waals surface area (Å²) < 4.78 is 16.8. The van der Waals surface area contributed by atoms with Gasteiger partial charge >= 0.3 is 5.97 Å². The Labute approximate surface area is 172 Å². The van der Waals surface area contributed by atoms with Gasteiger partial charge in [0.25, 0.3) is 0 Å². The molecule has 0 saturated heterocycles. The maximum Gasteiger partial charge on any atom is 0.363 e. The normalized spacial score (nSPS) is 15.1. The highest BCUT2D eigenvalue weighted by Crippen LogP contribution is 2.31. The number of hydrogen-bond donors (Lipinski definition) is 0. The standard InChI is InChI=1S/C24H27NO4/c1-6-27-22-14-17(7-12-21(22)28-16(4)5)13-20-24(26)29-23(25-20)19-10-8-18(9-11-19)15(2)3/h7-16H,6H2,1-5H3/b20-13-. The zero-order valence-corrected chi connectivity index (χ0v) is 17.6. The SMILES string of the molecule is CCOc1cc(/C=C2\N=C(c3ccc(C(C)C)cc3)OC2=O)ccc1OC(C)C. The summed E-state index contributed by atoms with van der Waals surface area (Å²) in [7, 11) is 0. The Morgan fingerprint density at radius 2 is 1.76 bits per heavy atom. The van der Waals surface area contributed by atoms with Crippen LogP contribution < -0.4 is 9.47 Å². The van der Waals surface area contributed by atoms with Crippen LogP contribution in [0.3, 0.4) is 0 Å². The minimum absolute atomic E-state index is 0.0393. The molecule has 1 aliphatic rings. The summed E-state index contributed by atoms with van der Waals surface area (Å²) in [5, 5.41) is 0. The summed E-state index contributed by atoms with van der Waals surface area (Å²) in [6.07, 6.45) is 1.73. The molecule has 5 heteroatoms. The van der Waals surface area contributed by atoms with Crippen LogP contribution in [0.1, 0.15) is 57.2 Å². The molecule has 3 rings (SSSR count). The predicted molar refractivity (Wildman–Crippen MR) is 115 cm³/mol. The molecule has 1 aliphatic heterocycles. The minimum atomic E-state index is -0.464. The number of cyclic esters (lactones) is 1. The van der Waals surface area contributed by atoms with Gasteiger partial charge < -0.3 is 14.2 Å². The van der Waals surface area contributed by atoms with E-state index in [1.807, 2.05) is 63.2 Å². The van der Waals surface area contributed by atoms with E-state index >= 15 is 0 Å². The van der Waals surface area contributed by atoms with Crippen molar-refractivity contribution < 1.29 is 19.0 Å². The van der Waals surface area contributed by atoms with Crippen LogP contribution in [-0.2, 0) is 9.53 Å². The average molecular weight is 393 g/mol. The molecule has 5 nitrogen and oxygen atoms in total. The van der Waals surface area contributed by atoms with E-state index in [1.54, 1.807) is 6.08 Å². The number of aliphatic imine (C=N–C) groups is 1. The molecule has 0 N–H and O–H groups in total. The lowest BCUT2D eigenvalue weighted by Crippen LogP contribution is -2.07. The molecule has 0 aromatic heterocycles. The zero-order valence-electron chi connectivity index (χ0n) is 17.6. The highest BCUT2D eigenvalue weighted by molar-refractivity contribution is 6.12. The van der Waals surface area contributed by atoms with Gasteiger partial charge in [-0.3, -0.25) is 0 Å². The van der Waals surface area contributed by atoms with Crippen LogP contribution in [0, 0.1) is 0 Å². The van der Waals surface area contributed by atoms with Crippen LogP contribution in [0.25, 0.3) is 6.08 Å². The second kappa shape index (κ2) is 8.95. The fourth-order valence-corrected chi connectivity index (χ4v) is 2.94. The molecular formula is C24H27NO4. The van der Waals surface area contributed by atoms with Crippen molar-refractivity contribution in [3.05, 3.63) is 64.9 Å². The molecular weight excluding hydrogens is 366 g/mol. The lowest BCUT2D eigenvalue weighted by molar-refractivity contribution is -0.129. The second-order valence-electron chi connectivity index (χ2n) is 7.42. The largest absolute Gasteiger partial charge is 0.490 e. The van der Waals surface area contributed by atoms with Gasteiger partial charge in [-0.05, 0) is 68.2 Å². The number of hydrogen-bond acceptors (Lipinski definition) is 5. The first kappa shape index (κ1) is 20.6.